The van der Waals surface area contributed by atoms with E-state index in [0.29, 0.717) is 6.42 Å². The van der Waals surface area contributed by atoms with Crippen LogP contribution in [-0.2, 0) is 9.53 Å². The second-order valence-corrected chi connectivity index (χ2v) is 5.89. The van der Waals surface area contributed by atoms with Crippen LogP contribution in [0, 0.1) is 0 Å². The summed E-state index contributed by atoms with van der Waals surface area (Å²) in [5.74, 6) is -0.357. The molecule has 0 aliphatic rings. The Labute approximate surface area is 104 Å². The van der Waals surface area contributed by atoms with Gasteiger partial charge in [0.2, 0.25) is 0 Å². The van der Waals surface area contributed by atoms with Crippen LogP contribution >= 0.6 is 0 Å². The molecule has 0 atom stereocenters. The zero-order chi connectivity index (χ0) is 13.7. The molecule has 0 aromatic heterocycles. The predicted molar refractivity (Wildman–Crippen MR) is 69.7 cm³/mol. The quantitative estimate of drug-likeness (QED) is 0.467. The summed E-state index contributed by atoms with van der Waals surface area (Å²) in [5, 5.41) is 9.59. The van der Waals surface area contributed by atoms with Crippen molar-refractivity contribution < 1.29 is 14.6 Å². The molecule has 0 heterocycles. The van der Waals surface area contributed by atoms with E-state index in [1.165, 1.54) is 6.08 Å². The molecule has 0 rings (SSSR count). The van der Waals surface area contributed by atoms with Gasteiger partial charge in [0.25, 0.3) is 0 Å². The van der Waals surface area contributed by atoms with Crippen molar-refractivity contribution in [3.63, 3.8) is 0 Å². The van der Waals surface area contributed by atoms with Gasteiger partial charge in [-0.15, -0.1) is 0 Å². The topological polar surface area (TPSA) is 46.5 Å². The molecule has 0 aromatic rings. The lowest BCUT2D eigenvalue weighted by Crippen LogP contribution is -2.22. The maximum absolute atomic E-state index is 11.3. The summed E-state index contributed by atoms with van der Waals surface area (Å²) in [6.07, 6.45) is 5.42. The van der Waals surface area contributed by atoms with Crippen LogP contribution in [0.5, 0.6) is 0 Å². The van der Waals surface area contributed by atoms with Gasteiger partial charge in [-0.05, 0) is 48.0 Å². The number of hydrogen-bond acceptors (Lipinski definition) is 3. The summed E-state index contributed by atoms with van der Waals surface area (Å²) >= 11 is 0. The largest absolute Gasteiger partial charge is 0.457 e. The second kappa shape index (κ2) is 6.01. The lowest BCUT2D eigenvalue weighted by atomic mass is 9.99. The molecule has 0 amide bonds. The highest BCUT2D eigenvalue weighted by atomic mass is 16.6. The van der Waals surface area contributed by atoms with Gasteiger partial charge < -0.3 is 9.84 Å². The number of ether oxygens (including phenoxy) is 1. The highest BCUT2D eigenvalue weighted by molar-refractivity contribution is 5.82. The molecule has 0 bridgehead atoms. The van der Waals surface area contributed by atoms with Gasteiger partial charge in [-0.25, -0.2) is 4.79 Å². The first-order valence-electron chi connectivity index (χ1n) is 5.79. The van der Waals surface area contributed by atoms with Crippen molar-refractivity contribution in [2.75, 3.05) is 0 Å². The van der Waals surface area contributed by atoms with Crippen molar-refractivity contribution in [3.05, 3.63) is 23.8 Å². The first-order valence-corrected chi connectivity index (χ1v) is 5.79. The summed E-state index contributed by atoms with van der Waals surface area (Å²) < 4.78 is 5.12. The maximum Gasteiger partial charge on any atom is 0.331 e. The minimum atomic E-state index is -0.722. The smallest absolute Gasteiger partial charge is 0.331 e. The van der Waals surface area contributed by atoms with Gasteiger partial charge in [0.1, 0.15) is 5.60 Å². The molecule has 98 valence electrons. The molecule has 3 heteroatoms. The third kappa shape index (κ3) is 11.2. The molecule has 0 aliphatic carbocycles. The lowest BCUT2D eigenvalue weighted by Gasteiger charge is -2.18. The number of aliphatic hydroxyl groups is 1. The molecule has 0 radical (unpaired) electrons. The van der Waals surface area contributed by atoms with Gasteiger partial charge in [-0.2, -0.15) is 0 Å². The van der Waals surface area contributed by atoms with Gasteiger partial charge in [0, 0.05) is 6.08 Å². The molecule has 0 unspecified atom stereocenters. The van der Waals surface area contributed by atoms with Crippen molar-refractivity contribution in [2.24, 2.45) is 0 Å². The van der Waals surface area contributed by atoms with Gasteiger partial charge in [-0.1, -0.05) is 17.7 Å². The van der Waals surface area contributed by atoms with Crippen LogP contribution in [-0.4, -0.2) is 22.3 Å². The molecule has 1 N–H and O–H groups in total. The van der Waals surface area contributed by atoms with E-state index in [2.05, 4.69) is 0 Å². The van der Waals surface area contributed by atoms with Crippen LogP contribution in [0.15, 0.2) is 23.8 Å². The van der Waals surface area contributed by atoms with Gasteiger partial charge in [-0.3, -0.25) is 0 Å². The summed E-state index contributed by atoms with van der Waals surface area (Å²) in [6, 6.07) is 0. The Hall–Kier alpha value is -1.09. The Balaban J connectivity index is 4.27. The highest BCUT2D eigenvalue weighted by Gasteiger charge is 2.14. The third-order valence-electron chi connectivity index (χ3n) is 1.73. The Bertz CT molecular complexity index is 311. The minimum Gasteiger partial charge on any atom is -0.457 e. The molecular formula is C14H24O3. The van der Waals surface area contributed by atoms with E-state index >= 15 is 0 Å². The fourth-order valence-electron chi connectivity index (χ4n) is 1.37. The van der Waals surface area contributed by atoms with E-state index in [1.54, 1.807) is 19.9 Å². The fraction of sp³-hybridized carbons (Fsp3) is 0.643. The van der Waals surface area contributed by atoms with E-state index in [1.807, 2.05) is 33.8 Å². The summed E-state index contributed by atoms with van der Waals surface area (Å²) in [4.78, 5) is 11.3. The molecule has 0 fully saturated rings. The second-order valence-electron chi connectivity index (χ2n) is 5.89. The predicted octanol–water partition coefficient (Wildman–Crippen LogP) is 2.99. The SMILES string of the molecule is C/C(=C/C=C/C(=O)OC(C)(C)C)CC(C)(C)O. The first-order chi connectivity index (χ1) is 7.49. The van der Waals surface area contributed by atoms with E-state index in [4.69, 9.17) is 4.74 Å². The van der Waals surface area contributed by atoms with E-state index in [-0.39, 0.29) is 5.97 Å². The molecule has 0 saturated carbocycles. The Kier molecular flexibility index (Phi) is 5.62. The average Bonchev–Trinajstić information content (AvgIpc) is 1.95. The number of carbonyl (C=O) groups is 1. The van der Waals surface area contributed by atoms with Gasteiger partial charge >= 0.3 is 5.97 Å². The minimum absolute atomic E-state index is 0.357. The maximum atomic E-state index is 11.3. The number of esters is 1. The molecule has 17 heavy (non-hydrogen) atoms. The average molecular weight is 240 g/mol. The molecule has 0 saturated heterocycles. The van der Waals surface area contributed by atoms with Crippen molar-refractivity contribution in [3.8, 4) is 0 Å². The summed E-state index contributed by atoms with van der Waals surface area (Å²) in [6.45, 7) is 10.9. The van der Waals surface area contributed by atoms with Crippen molar-refractivity contribution >= 4 is 5.97 Å². The number of hydrogen-bond donors (Lipinski definition) is 1. The van der Waals surface area contributed by atoms with Crippen LogP contribution in [0.25, 0.3) is 0 Å². The molecule has 0 aliphatic heterocycles. The van der Waals surface area contributed by atoms with Crippen molar-refractivity contribution in [1.29, 1.82) is 0 Å². The Morgan fingerprint density at radius 2 is 1.76 bits per heavy atom. The first kappa shape index (κ1) is 15.9. The Morgan fingerprint density at radius 3 is 2.18 bits per heavy atom. The normalized spacial score (nSPS) is 14.2. The Morgan fingerprint density at radius 1 is 1.24 bits per heavy atom. The van der Waals surface area contributed by atoms with Crippen molar-refractivity contribution in [1.82, 2.24) is 0 Å². The zero-order valence-electron chi connectivity index (χ0n) is 11.7. The third-order valence-corrected chi connectivity index (χ3v) is 1.73. The highest BCUT2D eigenvalue weighted by Crippen LogP contribution is 2.14. The van der Waals surface area contributed by atoms with Crippen LogP contribution in [0.4, 0.5) is 0 Å². The van der Waals surface area contributed by atoms with Crippen LogP contribution in [0.2, 0.25) is 0 Å². The van der Waals surface area contributed by atoms with Crippen LogP contribution in [0.3, 0.4) is 0 Å². The van der Waals surface area contributed by atoms with Gasteiger partial charge in [0.05, 0.1) is 5.60 Å². The monoisotopic (exact) mass is 240 g/mol. The van der Waals surface area contributed by atoms with Gasteiger partial charge in [0.15, 0.2) is 0 Å². The number of rotatable bonds is 4. The zero-order valence-corrected chi connectivity index (χ0v) is 11.7. The number of carbonyl (C=O) groups excluding carboxylic acids is 1. The fourth-order valence-corrected chi connectivity index (χ4v) is 1.37. The molecule has 3 nitrogen and oxygen atoms in total. The lowest BCUT2D eigenvalue weighted by molar-refractivity contribution is -0.148. The molecule has 0 spiro atoms. The number of allylic oxidation sites excluding steroid dienone is 2. The van der Waals surface area contributed by atoms with Crippen molar-refractivity contribution in [2.45, 2.75) is 59.2 Å². The van der Waals surface area contributed by atoms with Crippen LogP contribution in [0.1, 0.15) is 48.0 Å². The molecule has 0 aromatic carbocycles. The summed E-state index contributed by atoms with van der Waals surface area (Å²) in [7, 11) is 0. The van der Waals surface area contributed by atoms with Crippen LogP contribution < -0.4 is 0 Å². The van der Waals surface area contributed by atoms with E-state index in [0.717, 1.165) is 5.57 Å². The summed E-state index contributed by atoms with van der Waals surface area (Å²) in [5.41, 5.74) is -0.175. The molecular weight excluding hydrogens is 216 g/mol. The van der Waals surface area contributed by atoms with E-state index in [9.17, 15) is 9.90 Å². The van der Waals surface area contributed by atoms with E-state index < -0.39 is 11.2 Å². The standard InChI is InChI=1S/C14H24O3/c1-11(10-14(5,6)16)8-7-9-12(15)17-13(2,3)4/h7-9,16H,10H2,1-6H3/b9-7+,11-8-.